The molecule has 0 spiro atoms. The number of nitrogens with two attached hydrogens (primary N) is 1. The highest BCUT2D eigenvalue weighted by atomic mass is 127. The molecule has 2 N–H and O–H groups in total. The van der Waals surface area contributed by atoms with Gasteiger partial charge in [0.25, 0.3) is 0 Å². The van der Waals surface area contributed by atoms with Gasteiger partial charge in [-0.1, -0.05) is 12.1 Å². The molecule has 3 nitrogen and oxygen atoms in total. The molecule has 0 aliphatic carbocycles. The molecule has 1 aliphatic rings. The van der Waals surface area contributed by atoms with Crippen LogP contribution in [0.25, 0.3) is 0 Å². The molecule has 20 heavy (non-hydrogen) atoms. The molecule has 1 aliphatic heterocycles. The largest absolute Gasteiger partial charge is 0.486 e. The first-order chi connectivity index (χ1) is 9.65. The van der Waals surface area contributed by atoms with E-state index in [1.54, 1.807) is 6.07 Å². The van der Waals surface area contributed by atoms with Crippen LogP contribution in [0, 0.1) is 9.39 Å². The van der Waals surface area contributed by atoms with Crippen LogP contribution in [0.15, 0.2) is 36.4 Å². The maximum Gasteiger partial charge on any atom is 0.161 e. The number of fused-ring (bicyclic) bond motifs is 1. The lowest BCUT2D eigenvalue weighted by Gasteiger charge is -2.21. The van der Waals surface area contributed by atoms with Crippen molar-refractivity contribution in [2.75, 3.05) is 13.2 Å². The molecule has 2 aromatic rings. The summed E-state index contributed by atoms with van der Waals surface area (Å²) < 4.78 is 25.0. The van der Waals surface area contributed by atoms with Gasteiger partial charge in [0.1, 0.15) is 19.0 Å². The molecule has 3 rings (SSSR count). The van der Waals surface area contributed by atoms with E-state index >= 15 is 0 Å². The van der Waals surface area contributed by atoms with Gasteiger partial charge in [-0.05, 0) is 58.0 Å². The molecule has 1 unspecified atom stereocenters. The molecule has 5 heteroatoms. The van der Waals surface area contributed by atoms with E-state index in [2.05, 4.69) is 22.6 Å². The fraction of sp³-hybridized carbons (Fsp3) is 0.200. The number of hydrogen-bond donors (Lipinski definition) is 1. The predicted octanol–water partition coefficient (Wildman–Crippen LogP) is 3.25. The second-order valence-electron chi connectivity index (χ2n) is 4.55. The van der Waals surface area contributed by atoms with E-state index < -0.39 is 0 Å². The zero-order valence-corrected chi connectivity index (χ0v) is 12.8. The number of hydrogen-bond acceptors (Lipinski definition) is 3. The molecular weight excluding hydrogens is 372 g/mol. The number of halogens is 2. The number of ether oxygens (including phenoxy) is 2. The van der Waals surface area contributed by atoms with Crippen LogP contribution in [-0.4, -0.2) is 13.2 Å². The normalized spacial score (nSPS) is 14.9. The summed E-state index contributed by atoms with van der Waals surface area (Å²) in [5.41, 5.74) is 8.08. The van der Waals surface area contributed by atoms with Crippen LogP contribution in [0.2, 0.25) is 0 Å². The van der Waals surface area contributed by atoms with Crippen molar-refractivity contribution in [3.05, 3.63) is 56.9 Å². The summed E-state index contributed by atoms with van der Waals surface area (Å²) in [7, 11) is 0. The Kier molecular flexibility index (Phi) is 3.80. The Labute approximate surface area is 130 Å². The molecule has 2 aromatic carbocycles. The summed E-state index contributed by atoms with van der Waals surface area (Å²) in [5, 5.41) is 0. The Morgan fingerprint density at radius 3 is 2.55 bits per heavy atom. The van der Waals surface area contributed by atoms with E-state index in [-0.39, 0.29) is 11.9 Å². The van der Waals surface area contributed by atoms with Gasteiger partial charge in [-0.25, -0.2) is 4.39 Å². The van der Waals surface area contributed by atoms with Crippen molar-refractivity contribution in [3.63, 3.8) is 0 Å². The van der Waals surface area contributed by atoms with Crippen molar-refractivity contribution >= 4 is 22.6 Å². The lowest BCUT2D eigenvalue weighted by molar-refractivity contribution is 0.171. The fourth-order valence-corrected chi connectivity index (χ4v) is 3.00. The van der Waals surface area contributed by atoms with Gasteiger partial charge in [0.2, 0.25) is 0 Å². The Hall–Kier alpha value is -1.34. The molecule has 0 bridgehead atoms. The van der Waals surface area contributed by atoms with E-state index in [1.165, 1.54) is 12.1 Å². The average molecular weight is 385 g/mol. The third kappa shape index (κ3) is 2.60. The van der Waals surface area contributed by atoms with Gasteiger partial charge in [-0.15, -0.1) is 0 Å². The Balaban J connectivity index is 1.95. The van der Waals surface area contributed by atoms with Crippen LogP contribution in [-0.2, 0) is 0 Å². The SMILES string of the molecule is NC(c1ccc2c(c1)OCCO2)c1ccc(F)cc1I. The van der Waals surface area contributed by atoms with E-state index in [0.717, 1.165) is 20.4 Å². The van der Waals surface area contributed by atoms with E-state index in [4.69, 9.17) is 15.2 Å². The molecule has 1 heterocycles. The maximum absolute atomic E-state index is 13.2. The molecule has 104 valence electrons. The van der Waals surface area contributed by atoms with E-state index in [1.807, 2.05) is 18.2 Å². The minimum Gasteiger partial charge on any atom is -0.486 e. The van der Waals surface area contributed by atoms with Gasteiger partial charge in [0.15, 0.2) is 11.5 Å². The molecule has 0 saturated heterocycles. The number of benzene rings is 2. The summed E-state index contributed by atoms with van der Waals surface area (Å²) in [6, 6.07) is 9.97. The lowest BCUT2D eigenvalue weighted by atomic mass is 9.99. The average Bonchev–Trinajstić information content (AvgIpc) is 2.46. The first-order valence-corrected chi connectivity index (χ1v) is 7.33. The molecule has 0 radical (unpaired) electrons. The minimum absolute atomic E-state index is 0.257. The molecule has 0 fully saturated rings. The van der Waals surface area contributed by atoms with Crippen LogP contribution >= 0.6 is 22.6 Å². The summed E-state index contributed by atoms with van der Waals surface area (Å²) in [6.45, 7) is 1.11. The second kappa shape index (κ2) is 5.57. The third-order valence-electron chi connectivity index (χ3n) is 3.22. The van der Waals surface area contributed by atoms with Gasteiger partial charge in [-0.2, -0.15) is 0 Å². The first-order valence-electron chi connectivity index (χ1n) is 6.25. The maximum atomic E-state index is 13.2. The summed E-state index contributed by atoms with van der Waals surface area (Å²) in [5.74, 6) is 1.19. The van der Waals surface area contributed by atoms with Crippen molar-refractivity contribution in [2.24, 2.45) is 5.73 Å². The fourth-order valence-electron chi connectivity index (χ4n) is 2.19. The topological polar surface area (TPSA) is 44.5 Å². The minimum atomic E-state index is -0.321. The Morgan fingerprint density at radius 1 is 1.05 bits per heavy atom. The monoisotopic (exact) mass is 385 g/mol. The van der Waals surface area contributed by atoms with Crippen LogP contribution in [0.5, 0.6) is 11.5 Å². The Bertz CT molecular complexity index is 648. The van der Waals surface area contributed by atoms with E-state index in [9.17, 15) is 4.39 Å². The summed E-state index contributed by atoms with van der Waals surface area (Å²) >= 11 is 2.10. The molecular formula is C15H13FINO2. The first kappa shape index (κ1) is 13.6. The molecule has 0 amide bonds. The Morgan fingerprint density at radius 2 is 1.80 bits per heavy atom. The smallest absolute Gasteiger partial charge is 0.161 e. The zero-order chi connectivity index (χ0) is 14.1. The van der Waals surface area contributed by atoms with Crippen molar-refractivity contribution in [1.29, 1.82) is 0 Å². The lowest BCUT2D eigenvalue weighted by Crippen LogP contribution is -2.17. The van der Waals surface area contributed by atoms with E-state index in [0.29, 0.717) is 19.0 Å². The van der Waals surface area contributed by atoms with Gasteiger partial charge < -0.3 is 15.2 Å². The van der Waals surface area contributed by atoms with Crippen LogP contribution in [0.3, 0.4) is 0 Å². The van der Waals surface area contributed by atoms with Crippen molar-refractivity contribution in [3.8, 4) is 11.5 Å². The van der Waals surface area contributed by atoms with Gasteiger partial charge in [-0.3, -0.25) is 0 Å². The highest BCUT2D eigenvalue weighted by molar-refractivity contribution is 14.1. The van der Waals surface area contributed by atoms with Crippen molar-refractivity contribution in [1.82, 2.24) is 0 Å². The van der Waals surface area contributed by atoms with Crippen molar-refractivity contribution < 1.29 is 13.9 Å². The third-order valence-corrected chi connectivity index (χ3v) is 4.16. The second-order valence-corrected chi connectivity index (χ2v) is 5.71. The van der Waals surface area contributed by atoms with Gasteiger partial charge in [0, 0.05) is 3.57 Å². The molecule has 0 aromatic heterocycles. The standard InChI is InChI=1S/C15H13FINO2/c16-10-2-3-11(12(17)8-10)15(18)9-1-4-13-14(7-9)20-6-5-19-13/h1-4,7-8,15H,5-6,18H2. The van der Waals surface area contributed by atoms with Crippen LogP contribution in [0.1, 0.15) is 17.2 Å². The summed E-state index contributed by atoms with van der Waals surface area (Å²) in [6.07, 6.45) is 0. The molecule has 0 saturated carbocycles. The zero-order valence-electron chi connectivity index (χ0n) is 10.6. The highest BCUT2D eigenvalue weighted by Gasteiger charge is 2.17. The van der Waals surface area contributed by atoms with Gasteiger partial charge >= 0.3 is 0 Å². The predicted molar refractivity (Wildman–Crippen MR) is 82.6 cm³/mol. The quantitative estimate of drug-likeness (QED) is 0.808. The van der Waals surface area contributed by atoms with Crippen LogP contribution < -0.4 is 15.2 Å². The van der Waals surface area contributed by atoms with Crippen LogP contribution in [0.4, 0.5) is 4.39 Å². The number of rotatable bonds is 2. The van der Waals surface area contributed by atoms with Gasteiger partial charge in [0.05, 0.1) is 6.04 Å². The van der Waals surface area contributed by atoms with Crippen molar-refractivity contribution in [2.45, 2.75) is 6.04 Å². The molecule has 1 atom stereocenters. The highest BCUT2D eigenvalue weighted by Crippen LogP contribution is 2.34. The summed E-state index contributed by atoms with van der Waals surface area (Å²) in [4.78, 5) is 0.